The molecule has 0 aliphatic carbocycles. The van der Waals surface area contributed by atoms with Crippen LogP contribution >= 0.6 is 15.9 Å². The lowest BCUT2D eigenvalue weighted by Crippen LogP contribution is -2.31. The number of aliphatic carboxylic acids is 1. The number of amides is 2. The zero-order valence-electron chi connectivity index (χ0n) is 9.35. The van der Waals surface area contributed by atoms with Crippen LogP contribution in [0.5, 0.6) is 0 Å². The molecule has 1 aliphatic heterocycles. The lowest BCUT2D eigenvalue weighted by Gasteiger charge is -2.12. The molecule has 0 fully saturated rings. The largest absolute Gasteiger partial charge is 0.481 e. The zero-order chi connectivity index (χ0) is 13.3. The van der Waals surface area contributed by atoms with Crippen molar-refractivity contribution in [3.8, 4) is 0 Å². The molecule has 0 spiro atoms. The van der Waals surface area contributed by atoms with Gasteiger partial charge in [-0.05, 0) is 24.6 Å². The standard InChI is InChI=1S/C12H10BrNO4/c13-7-3-4-8-9(6-7)12(18)14(11(8)17)5-1-2-10(15)16/h3-4,6H,1-2,5H2,(H,15,16). The van der Waals surface area contributed by atoms with Crippen molar-refractivity contribution in [1.82, 2.24) is 4.90 Å². The number of carboxylic acid groups (broad SMARTS) is 1. The van der Waals surface area contributed by atoms with E-state index in [4.69, 9.17) is 5.11 Å². The Balaban J connectivity index is 2.15. The second-order valence-electron chi connectivity index (χ2n) is 3.95. The van der Waals surface area contributed by atoms with Crippen molar-refractivity contribution in [2.75, 3.05) is 6.54 Å². The summed E-state index contributed by atoms with van der Waals surface area (Å²) in [6.45, 7) is 0.135. The van der Waals surface area contributed by atoms with Gasteiger partial charge in [-0.15, -0.1) is 0 Å². The van der Waals surface area contributed by atoms with Gasteiger partial charge in [-0.25, -0.2) is 0 Å². The van der Waals surface area contributed by atoms with E-state index in [1.165, 1.54) is 0 Å². The van der Waals surface area contributed by atoms with Gasteiger partial charge in [0.05, 0.1) is 11.1 Å². The molecule has 0 unspecified atom stereocenters. The first-order chi connectivity index (χ1) is 8.50. The topological polar surface area (TPSA) is 74.7 Å². The third-order valence-electron chi connectivity index (χ3n) is 2.71. The Bertz CT molecular complexity index is 541. The molecule has 0 radical (unpaired) electrons. The van der Waals surface area contributed by atoms with Gasteiger partial charge in [-0.3, -0.25) is 19.3 Å². The van der Waals surface area contributed by atoms with Crippen LogP contribution in [-0.2, 0) is 4.79 Å². The first kappa shape index (κ1) is 12.8. The number of rotatable bonds is 4. The molecule has 0 atom stereocenters. The molecular formula is C12H10BrNO4. The predicted molar refractivity (Wildman–Crippen MR) is 66.4 cm³/mol. The van der Waals surface area contributed by atoms with E-state index in [0.717, 1.165) is 9.37 Å². The molecule has 1 aromatic carbocycles. The Morgan fingerprint density at radius 1 is 1.22 bits per heavy atom. The van der Waals surface area contributed by atoms with E-state index in [-0.39, 0.29) is 31.2 Å². The Hall–Kier alpha value is -1.69. The fourth-order valence-electron chi connectivity index (χ4n) is 1.85. The summed E-state index contributed by atoms with van der Waals surface area (Å²) in [7, 11) is 0. The summed E-state index contributed by atoms with van der Waals surface area (Å²) in [6.07, 6.45) is 0.207. The van der Waals surface area contributed by atoms with Gasteiger partial charge in [-0.2, -0.15) is 0 Å². The van der Waals surface area contributed by atoms with E-state index in [2.05, 4.69) is 15.9 Å². The van der Waals surface area contributed by atoms with Gasteiger partial charge in [0.15, 0.2) is 0 Å². The molecule has 94 valence electrons. The second kappa shape index (κ2) is 4.89. The van der Waals surface area contributed by atoms with E-state index >= 15 is 0 Å². The molecule has 0 saturated carbocycles. The molecule has 2 amide bonds. The average molecular weight is 312 g/mol. The maximum absolute atomic E-state index is 12.0. The van der Waals surface area contributed by atoms with Crippen LogP contribution in [0.2, 0.25) is 0 Å². The van der Waals surface area contributed by atoms with E-state index in [0.29, 0.717) is 11.1 Å². The summed E-state index contributed by atoms with van der Waals surface area (Å²) in [5, 5.41) is 8.53. The molecule has 6 heteroatoms. The van der Waals surface area contributed by atoms with Crippen molar-refractivity contribution < 1.29 is 19.5 Å². The smallest absolute Gasteiger partial charge is 0.303 e. The third-order valence-corrected chi connectivity index (χ3v) is 3.20. The summed E-state index contributed by atoms with van der Waals surface area (Å²) >= 11 is 3.24. The number of carboxylic acids is 1. The molecule has 0 aromatic heterocycles. The molecule has 1 heterocycles. The number of benzene rings is 1. The van der Waals surface area contributed by atoms with E-state index in [1.807, 2.05) is 0 Å². The van der Waals surface area contributed by atoms with Crippen LogP contribution in [0.3, 0.4) is 0 Å². The van der Waals surface area contributed by atoms with Gasteiger partial charge in [0.25, 0.3) is 11.8 Å². The Labute approximate surface area is 112 Å². The van der Waals surface area contributed by atoms with Crippen LogP contribution < -0.4 is 0 Å². The SMILES string of the molecule is O=C(O)CCCN1C(=O)c2ccc(Br)cc2C1=O. The first-order valence-corrected chi connectivity index (χ1v) is 6.17. The molecule has 5 nitrogen and oxygen atoms in total. The zero-order valence-corrected chi connectivity index (χ0v) is 10.9. The summed E-state index contributed by atoms with van der Waals surface area (Å²) in [4.78, 5) is 35.4. The highest BCUT2D eigenvalue weighted by molar-refractivity contribution is 9.10. The molecule has 1 N–H and O–H groups in total. The summed E-state index contributed by atoms with van der Waals surface area (Å²) in [6, 6.07) is 4.90. The fraction of sp³-hybridized carbons (Fsp3) is 0.250. The number of fused-ring (bicyclic) bond motifs is 1. The van der Waals surface area contributed by atoms with E-state index in [1.54, 1.807) is 18.2 Å². The Kier molecular flexibility index (Phi) is 3.47. The monoisotopic (exact) mass is 311 g/mol. The van der Waals surface area contributed by atoms with Crippen molar-refractivity contribution in [2.24, 2.45) is 0 Å². The van der Waals surface area contributed by atoms with Crippen LogP contribution in [0.25, 0.3) is 0 Å². The molecule has 0 bridgehead atoms. The summed E-state index contributed by atoms with van der Waals surface area (Å²) < 4.78 is 0.731. The fourth-order valence-corrected chi connectivity index (χ4v) is 2.22. The van der Waals surface area contributed by atoms with Gasteiger partial charge in [0.2, 0.25) is 0 Å². The van der Waals surface area contributed by atoms with Gasteiger partial charge < -0.3 is 5.11 Å². The van der Waals surface area contributed by atoms with Crippen molar-refractivity contribution in [1.29, 1.82) is 0 Å². The number of carbonyl (C=O) groups excluding carboxylic acids is 2. The molecule has 1 aliphatic rings. The molecular weight excluding hydrogens is 302 g/mol. The lowest BCUT2D eigenvalue weighted by molar-refractivity contribution is -0.137. The third kappa shape index (κ3) is 2.28. The number of hydrogen-bond donors (Lipinski definition) is 1. The van der Waals surface area contributed by atoms with E-state index < -0.39 is 5.97 Å². The normalized spacial score (nSPS) is 13.9. The number of halogens is 1. The lowest BCUT2D eigenvalue weighted by atomic mass is 10.1. The minimum atomic E-state index is -0.936. The quantitative estimate of drug-likeness (QED) is 0.862. The maximum atomic E-state index is 12.0. The van der Waals surface area contributed by atoms with Crippen molar-refractivity contribution >= 4 is 33.7 Å². The van der Waals surface area contributed by atoms with Crippen LogP contribution in [0, 0.1) is 0 Å². The Morgan fingerprint density at radius 2 is 1.89 bits per heavy atom. The average Bonchev–Trinajstić information content (AvgIpc) is 2.53. The van der Waals surface area contributed by atoms with Crippen molar-refractivity contribution in [3.63, 3.8) is 0 Å². The second-order valence-corrected chi connectivity index (χ2v) is 4.86. The van der Waals surface area contributed by atoms with Crippen LogP contribution in [-0.4, -0.2) is 34.3 Å². The predicted octanol–water partition coefficient (Wildman–Crippen LogP) is 1.91. The van der Waals surface area contributed by atoms with E-state index in [9.17, 15) is 14.4 Å². The highest BCUT2D eigenvalue weighted by atomic mass is 79.9. The number of nitrogens with zero attached hydrogens (tertiary/aromatic N) is 1. The van der Waals surface area contributed by atoms with Crippen LogP contribution in [0.4, 0.5) is 0 Å². The van der Waals surface area contributed by atoms with Gasteiger partial charge in [0.1, 0.15) is 0 Å². The highest BCUT2D eigenvalue weighted by Crippen LogP contribution is 2.26. The number of imide groups is 1. The number of carbonyl (C=O) groups is 3. The molecule has 1 aromatic rings. The number of hydrogen-bond acceptors (Lipinski definition) is 3. The highest BCUT2D eigenvalue weighted by Gasteiger charge is 2.35. The molecule has 2 rings (SSSR count). The summed E-state index contributed by atoms with van der Waals surface area (Å²) in [5.41, 5.74) is 0.739. The molecule has 0 saturated heterocycles. The van der Waals surface area contributed by atoms with Crippen LogP contribution in [0.1, 0.15) is 33.6 Å². The van der Waals surface area contributed by atoms with Crippen molar-refractivity contribution in [3.05, 3.63) is 33.8 Å². The first-order valence-electron chi connectivity index (χ1n) is 5.38. The Morgan fingerprint density at radius 3 is 2.56 bits per heavy atom. The maximum Gasteiger partial charge on any atom is 0.303 e. The van der Waals surface area contributed by atoms with Gasteiger partial charge >= 0.3 is 5.97 Å². The minimum absolute atomic E-state index is 0.0584. The van der Waals surface area contributed by atoms with Gasteiger partial charge in [-0.1, -0.05) is 15.9 Å². The van der Waals surface area contributed by atoms with Gasteiger partial charge in [0, 0.05) is 17.4 Å². The molecule has 18 heavy (non-hydrogen) atoms. The van der Waals surface area contributed by atoms with Crippen molar-refractivity contribution in [2.45, 2.75) is 12.8 Å². The minimum Gasteiger partial charge on any atom is -0.481 e. The summed E-state index contributed by atoms with van der Waals surface area (Å²) in [5.74, 6) is -1.65. The van der Waals surface area contributed by atoms with Crippen LogP contribution in [0.15, 0.2) is 22.7 Å².